The van der Waals surface area contributed by atoms with E-state index in [1.54, 1.807) is 11.3 Å². The Morgan fingerprint density at radius 3 is 2.90 bits per heavy atom. The molecule has 0 aliphatic carbocycles. The van der Waals surface area contributed by atoms with Gasteiger partial charge in [0.25, 0.3) is 0 Å². The van der Waals surface area contributed by atoms with Crippen LogP contribution in [0.25, 0.3) is 6.08 Å². The lowest BCUT2D eigenvalue weighted by Gasteiger charge is -1.79. The molecular weight excluding hydrogens is 164 g/mol. The van der Waals surface area contributed by atoms with Gasteiger partial charge in [-0.15, -0.1) is 11.3 Å². The fourth-order valence-electron chi connectivity index (χ4n) is 0.617. The molecule has 0 saturated heterocycles. The van der Waals surface area contributed by atoms with Gasteiger partial charge in [0.1, 0.15) is 0 Å². The van der Waals surface area contributed by atoms with E-state index in [-0.39, 0.29) is 0 Å². The van der Waals surface area contributed by atoms with E-state index < -0.39 is 0 Å². The number of halogens is 1. The number of allylic oxidation sites excluding steroid dienone is 1. The van der Waals surface area contributed by atoms with Crippen LogP contribution in [-0.4, -0.2) is 0 Å². The van der Waals surface area contributed by atoms with Crippen molar-refractivity contribution in [2.24, 2.45) is 0 Å². The molecule has 0 spiro atoms. The molecule has 0 bridgehead atoms. The fraction of sp³-hybridized carbons (Fsp3) is 0.125. The third kappa shape index (κ3) is 2.16. The third-order valence-corrected chi connectivity index (χ3v) is 2.24. The molecule has 1 radical (unpaired) electrons. The number of hydrogen-bond acceptors (Lipinski definition) is 1. The molecule has 53 valence electrons. The van der Waals surface area contributed by atoms with E-state index in [2.05, 4.69) is 6.92 Å². The van der Waals surface area contributed by atoms with Gasteiger partial charge in [-0.3, -0.25) is 0 Å². The molecule has 0 amide bonds. The minimum atomic E-state index is 0.829. The summed E-state index contributed by atoms with van der Waals surface area (Å²) in [6.45, 7) is 3.69. The Bertz CT molecular complexity index is 225. The molecule has 10 heavy (non-hydrogen) atoms. The first-order chi connectivity index (χ1) is 4.83. The van der Waals surface area contributed by atoms with E-state index in [1.807, 2.05) is 24.3 Å². The SMILES string of the molecule is [CH2]CC=Cc1ccc(Cl)s1. The van der Waals surface area contributed by atoms with E-state index >= 15 is 0 Å². The van der Waals surface area contributed by atoms with Crippen LogP contribution in [0.4, 0.5) is 0 Å². The van der Waals surface area contributed by atoms with Crippen LogP contribution in [0, 0.1) is 6.92 Å². The zero-order valence-corrected chi connectivity index (χ0v) is 7.08. The molecule has 0 nitrogen and oxygen atoms in total. The lowest BCUT2D eigenvalue weighted by atomic mass is 10.4. The first-order valence-corrected chi connectivity index (χ1v) is 4.23. The predicted octanol–water partition coefficient (Wildman–Crippen LogP) is 3.64. The normalized spacial score (nSPS) is 11.0. The summed E-state index contributed by atoms with van der Waals surface area (Å²) in [5.74, 6) is 0. The lowest BCUT2D eigenvalue weighted by molar-refractivity contribution is 1.42. The van der Waals surface area contributed by atoms with Gasteiger partial charge >= 0.3 is 0 Å². The van der Waals surface area contributed by atoms with Gasteiger partial charge < -0.3 is 0 Å². The highest BCUT2D eigenvalue weighted by molar-refractivity contribution is 7.16. The Hall–Kier alpha value is -0.270. The first-order valence-electron chi connectivity index (χ1n) is 3.04. The van der Waals surface area contributed by atoms with Crippen LogP contribution in [0.15, 0.2) is 18.2 Å². The first kappa shape index (κ1) is 7.83. The predicted molar refractivity (Wildman–Crippen MR) is 48.3 cm³/mol. The molecule has 0 aromatic carbocycles. The molecule has 0 fully saturated rings. The summed E-state index contributed by atoms with van der Waals surface area (Å²) in [4.78, 5) is 1.19. The van der Waals surface area contributed by atoms with Gasteiger partial charge in [0.15, 0.2) is 0 Å². The van der Waals surface area contributed by atoms with E-state index in [1.165, 1.54) is 4.88 Å². The highest BCUT2D eigenvalue weighted by Crippen LogP contribution is 2.22. The van der Waals surface area contributed by atoms with Crippen molar-refractivity contribution in [2.75, 3.05) is 0 Å². The molecule has 0 atom stereocenters. The fourth-order valence-corrected chi connectivity index (χ4v) is 1.61. The van der Waals surface area contributed by atoms with Crippen molar-refractivity contribution >= 4 is 29.0 Å². The summed E-state index contributed by atoms with van der Waals surface area (Å²) in [5.41, 5.74) is 0. The van der Waals surface area contributed by atoms with Crippen LogP contribution in [0.3, 0.4) is 0 Å². The average Bonchev–Trinajstić information content (AvgIpc) is 2.31. The van der Waals surface area contributed by atoms with Crippen molar-refractivity contribution in [2.45, 2.75) is 6.42 Å². The Labute approximate surface area is 70.1 Å². The average molecular weight is 172 g/mol. The Morgan fingerprint density at radius 1 is 1.60 bits per heavy atom. The van der Waals surface area contributed by atoms with Gasteiger partial charge in [-0.25, -0.2) is 0 Å². The van der Waals surface area contributed by atoms with Crippen LogP contribution in [0.2, 0.25) is 4.34 Å². The molecule has 0 aliphatic heterocycles. The monoisotopic (exact) mass is 171 g/mol. The highest BCUT2D eigenvalue weighted by Gasteiger charge is 1.90. The zero-order chi connectivity index (χ0) is 7.40. The summed E-state index contributed by atoms with van der Waals surface area (Å²) in [5, 5.41) is 0. The molecule has 0 saturated carbocycles. The number of thiophene rings is 1. The third-order valence-electron chi connectivity index (χ3n) is 1.04. The van der Waals surface area contributed by atoms with Gasteiger partial charge in [-0.2, -0.15) is 0 Å². The van der Waals surface area contributed by atoms with Crippen molar-refractivity contribution in [3.05, 3.63) is 34.3 Å². The second-order valence-electron chi connectivity index (χ2n) is 1.83. The van der Waals surface area contributed by atoms with Gasteiger partial charge in [-0.1, -0.05) is 17.7 Å². The quantitative estimate of drug-likeness (QED) is 0.638. The number of hydrogen-bond donors (Lipinski definition) is 0. The minimum Gasteiger partial charge on any atom is -0.124 e. The van der Waals surface area contributed by atoms with E-state index in [0.29, 0.717) is 0 Å². The van der Waals surface area contributed by atoms with Gasteiger partial charge in [0.2, 0.25) is 0 Å². The molecule has 1 aromatic heterocycles. The Morgan fingerprint density at radius 2 is 2.40 bits per heavy atom. The van der Waals surface area contributed by atoms with E-state index in [4.69, 9.17) is 11.6 Å². The molecule has 0 unspecified atom stereocenters. The van der Waals surface area contributed by atoms with Crippen molar-refractivity contribution in [1.82, 2.24) is 0 Å². The zero-order valence-electron chi connectivity index (χ0n) is 5.51. The van der Waals surface area contributed by atoms with Crippen molar-refractivity contribution in [3.63, 3.8) is 0 Å². The summed E-state index contributed by atoms with van der Waals surface area (Å²) in [6, 6.07) is 3.90. The largest absolute Gasteiger partial charge is 0.124 e. The van der Waals surface area contributed by atoms with E-state index in [0.717, 1.165) is 10.8 Å². The molecule has 2 heteroatoms. The maximum absolute atomic E-state index is 5.71. The second-order valence-corrected chi connectivity index (χ2v) is 3.58. The van der Waals surface area contributed by atoms with Crippen molar-refractivity contribution in [1.29, 1.82) is 0 Å². The van der Waals surface area contributed by atoms with Gasteiger partial charge in [-0.05, 0) is 31.6 Å². The molecule has 0 N–H and O–H groups in total. The summed E-state index contributed by atoms with van der Waals surface area (Å²) in [6.07, 6.45) is 4.88. The molecule has 1 heterocycles. The van der Waals surface area contributed by atoms with Crippen LogP contribution < -0.4 is 0 Å². The van der Waals surface area contributed by atoms with Crippen LogP contribution >= 0.6 is 22.9 Å². The minimum absolute atomic E-state index is 0.829. The van der Waals surface area contributed by atoms with Crippen LogP contribution in [0.1, 0.15) is 11.3 Å². The molecule has 1 aromatic rings. The molecular formula is C8H8ClS. The molecule has 1 rings (SSSR count). The molecule has 0 aliphatic rings. The van der Waals surface area contributed by atoms with Crippen molar-refractivity contribution < 1.29 is 0 Å². The Kier molecular flexibility index (Phi) is 2.97. The maximum atomic E-state index is 5.71. The standard InChI is InChI=1S/C8H8ClS/c1-2-3-4-7-5-6-8(9)10-7/h3-6H,1-2H2. The summed E-state index contributed by atoms with van der Waals surface area (Å²) in [7, 11) is 0. The van der Waals surface area contributed by atoms with Gasteiger partial charge in [0, 0.05) is 4.88 Å². The van der Waals surface area contributed by atoms with Crippen LogP contribution in [0.5, 0.6) is 0 Å². The summed E-state index contributed by atoms with van der Waals surface area (Å²) < 4.78 is 0.837. The lowest BCUT2D eigenvalue weighted by Crippen LogP contribution is -1.55. The van der Waals surface area contributed by atoms with E-state index in [9.17, 15) is 0 Å². The number of rotatable bonds is 2. The second kappa shape index (κ2) is 3.79. The Balaban J connectivity index is 2.67. The van der Waals surface area contributed by atoms with Crippen molar-refractivity contribution in [3.8, 4) is 0 Å². The van der Waals surface area contributed by atoms with Crippen LogP contribution in [-0.2, 0) is 0 Å². The maximum Gasteiger partial charge on any atom is 0.0934 e. The summed E-state index contributed by atoms with van der Waals surface area (Å²) >= 11 is 7.29. The highest BCUT2D eigenvalue weighted by atomic mass is 35.5. The topological polar surface area (TPSA) is 0 Å². The van der Waals surface area contributed by atoms with Gasteiger partial charge in [0.05, 0.1) is 4.34 Å². The smallest absolute Gasteiger partial charge is 0.0934 e.